The fraction of sp³-hybridized carbons (Fsp3) is 0.429. The van der Waals surface area contributed by atoms with Crippen molar-refractivity contribution < 1.29 is 15.0 Å². The number of aromatic nitrogens is 4. The van der Waals surface area contributed by atoms with Crippen LogP contribution < -0.4 is 0 Å². The fourth-order valence-corrected chi connectivity index (χ4v) is 2.43. The Bertz CT molecular complexity index is 654. The SMILES string of the molecule is C[C@]1(O)CCN(C(=O)c2ccc(-n3cnnn3)cc2)C[C@@H]1O. The molecule has 22 heavy (non-hydrogen) atoms. The molecule has 0 unspecified atom stereocenters. The van der Waals surface area contributed by atoms with E-state index in [0.717, 1.165) is 5.69 Å². The number of aliphatic hydroxyl groups excluding tert-OH is 1. The largest absolute Gasteiger partial charge is 0.388 e. The van der Waals surface area contributed by atoms with Crippen molar-refractivity contribution in [3.8, 4) is 5.69 Å². The molecule has 1 saturated heterocycles. The summed E-state index contributed by atoms with van der Waals surface area (Å²) in [7, 11) is 0. The number of carbonyl (C=O) groups is 1. The first-order valence-corrected chi connectivity index (χ1v) is 7.00. The van der Waals surface area contributed by atoms with Gasteiger partial charge in [0, 0.05) is 18.7 Å². The molecule has 116 valence electrons. The quantitative estimate of drug-likeness (QED) is 0.783. The lowest BCUT2D eigenvalue weighted by molar-refractivity contribution is -0.0999. The number of hydrogen-bond acceptors (Lipinski definition) is 6. The highest BCUT2D eigenvalue weighted by molar-refractivity contribution is 5.94. The van der Waals surface area contributed by atoms with Gasteiger partial charge < -0.3 is 15.1 Å². The van der Waals surface area contributed by atoms with Crippen LogP contribution in [0.4, 0.5) is 0 Å². The number of piperidine rings is 1. The third kappa shape index (κ3) is 2.70. The molecule has 0 aliphatic carbocycles. The topological polar surface area (TPSA) is 104 Å². The summed E-state index contributed by atoms with van der Waals surface area (Å²) in [6.07, 6.45) is 0.883. The Labute approximate surface area is 127 Å². The maximum Gasteiger partial charge on any atom is 0.253 e. The second-order valence-electron chi connectivity index (χ2n) is 5.68. The van der Waals surface area contributed by atoms with Gasteiger partial charge in [-0.1, -0.05) is 0 Å². The minimum Gasteiger partial charge on any atom is -0.388 e. The average molecular weight is 303 g/mol. The number of benzene rings is 1. The van der Waals surface area contributed by atoms with E-state index in [1.54, 1.807) is 36.1 Å². The van der Waals surface area contributed by atoms with Crippen LogP contribution in [0.3, 0.4) is 0 Å². The smallest absolute Gasteiger partial charge is 0.253 e. The number of carbonyl (C=O) groups excluding carboxylic acids is 1. The van der Waals surface area contributed by atoms with E-state index in [0.29, 0.717) is 18.5 Å². The van der Waals surface area contributed by atoms with Crippen LogP contribution >= 0.6 is 0 Å². The highest BCUT2D eigenvalue weighted by Gasteiger charge is 2.38. The summed E-state index contributed by atoms with van der Waals surface area (Å²) in [6, 6.07) is 6.89. The lowest BCUT2D eigenvalue weighted by Gasteiger charge is -2.39. The maximum absolute atomic E-state index is 12.4. The van der Waals surface area contributed by atoms with E-state index in [2.05, 4.69) is 15.5 Å². The molecule has 1 amide bonds. The van der Waals surface area contributed by atoms with Crippen LogP contribution in [0, 0.1) is 0 Å². The summed E-state index contributed by atoms with van der Waals surface area (Å²) in [6.45, 7) is 2.12. The molecule has 1 aliphatic rings. The summed E-state index contributed by atoms with van der Waals surface area (Å²) < 4.78 is 1.50. The lowest BCUT2D eigenvalue weighted by atomic mass is 9.90. The second kappa shape index (κ2) is 5.47. The zero-order valence-electron chi connectivity index (χ0n) is 12.1. The number of rotatable bonds is 2. The van der Waals surface area contributed by atoms with Gasteiger partial charge in [-0.05, 0) is 48.0 Å². The summed E-state index contributed by atoms with van der Waals surface area (Å²) in [5.41, 5.74) is 0.134. The fourth-order valence-electron chi connectivity index (χ4n) is 2.43. The van der Waals surface area contributed by atoms with Crippen molar-refractivity contribution >= 4 is 5.91 Å². The highest BCUT2D eigenvalue weighted by atomic mass is 16.3. The van der Waals surface area contributed by atoms with Crippen LogP contribution in [0.5, 0.6) is 0 Å². The first kappa shape index (κ1) is 14.6. The van der Waals surface area contributed by atoms with E-state index in [4.69, 9.17) is 0 Å². The van der Waals surface area contributed by atoms with Gasteiger partial charge in [0.1, 0.15) is 6.33 Å². The average Bonchev–Trinajstić information content (AvgIpc) is 3.04. The first-order valence-electron chi connectivity index (χ1n) is 7.00. The summed E-state index contributed by atoms with van der Waals surface area (Å²) in [4.78, 5) is 14.0. The van der Waals surface area contributed by atoms with Crippen molar-refractivity contribution in [3.05, 3.63) is 36.2 Å². The number of hydrogen-bond donors (Lipinski definition) is 2. The molecule has 1 fully saturated rings. The Balaban J connectivity index is 1.73. The first-order chi connectivity index (χ1) is 10.5. The zero-order chi connectivity index (χ0) is 15.7. The molecule has 3 rings (SSSR count). The van der Waals surface area contributed by atoms with Crippen molar-refractivity contribution in [2.24, 2.45) is 0 Å². The molecular formula is C14H17N5O3. The van der Waals surface area contributed by atoms with Crippen LogP contribution in [0.15, 0.2) is 30.6 Å². The van der Waals surface area contributed by atoms with Gasteiger partial charge in [-0.15, -0.1) is 5.10 Å². The Hall–Kier alpha value is -2.32. The van der Waals surface area contributed by atoms with Gasteiger partial charge in [0.15, 0.2) is 0 Å². The minimum atomic E-state index is -1.14. The van der Waals surface area contributed by atoms with E-state index >= 15 is 0 Å². The molecule has 8 heteroatoms. The minimum absolute atomic E-state index is 0.126. The normalized spacial score (nSPS) is 25.2. The number of amides is 1. The predicted octanol–water partition coefficient (Wildman–Crippen LogP) is -0.380. The number of likely N-dealkylation sites (tertiary alicyclic amines) is 1. The third-order valence-electron chi connectivity index (χ3n) is 4.01. The Kier molecular flexibility index (Phi) is 3.63. The van der Waals surface area contributed by atoms with Crippen LogP contribution in [0.1, 0.15) is 23.7 Å². The van der Waals surface area contributed by atoms with Crippen molar-refractivity contribution in [2.75, 3.05) is 13.1 Å². The lowest BCUT2D eigenvalue weighted by Crippen LogP contribution is -2.55. The Morgan fingerprint density at radius 3 is 2.68 bits per heavy atom. The Morgan fingerprint density at radius 2 is 2.09 bits per heavy atom. The van der Waals surface area contributed by atoms with Gasteiger partial charge in [0.05, 0.1) is 17.4 Å². The van der Waals surface area contributed by atoms with Crippen LogP contribution in [0.2, 0.25) is 0 Å². The van der Waals surface area contributed by atoms with Gasteiger partial charge in [-0.2, -0.15) is 0 Å². The van der Waals surface area contributed by atoms with Crippen LogP contribution in [-0.4, -0.2) is 66.0 Å². The molecule has 1 aliphatic heterocycles. The number of aliphatic hydroxyl groups is 2. The van der Waals surface area contributed by atoms with E-state index in [1.165, 1.54) is 11.0 Å². The van der Waals surface area contributed by atoms with Gasteiger partial charge in [-0.25, -0.2) is 4.68 Å². The molecule has 2 N–H and O–H groups in total. The van der Waals surface area contributed by atoms with Gasteiger partial charge in [-0.3, -0.25) is 4.79 Å². The van der Waals surface area contributed by atoms with Crippen molar-refractivity contribution in [1.29, 1.82) is 0 Å². The van der Waals surface area contributed by atoms with E-state index in [9.17, 15) is 15.0 Å². The standard InChI is InChI=1S/C14H17N5O3/c1-14(22)6-7-18(8-12(14)20)13(21)10-2-4-11(5-3-10)19-9-15-16-17-19/h2-5,9,12,20,22H,6-8H2,1H3/t12-,14-/m0/s1. The van der Waals surface area contributed by atoms with E-state index < -0.39 is 11.7 Å². The molecule has 0 radical (unpaired) electrons. The van der Waals surface area contributed by atoms with Gasteiger partial charge in [0.2, 0.25) is 0 Å². The molecule has 0 saturated carbocycles. The molecule has 1 aromatic heterocycles. The predicted molar refractivity (Wildman–Crippen MR) is 76.3 cm³/mol. The monoisotopic (exact) mass is 303 g/mol. The van der Waals surface area contributed by atoms with Gasteiger partial charge in [0.25, 0.3) is 5.91 Å². The van der Waals surface area contributed by atoms with Crippen molar-refractivity contribution in [1.82, 2.24) is 25.1 Å². The highest BCUT2D eigenvalue weighted by Crippen LogP contribution is 2.23. The molecular weight excluding hydrogens is 286 g/mol. The van der Waals surface area contributed by atoms with Crippen LogP contribution in [0.25, 0.3) is 5.69 Å². The zero-order valence-corrected chi connectivity index (χ0v) is 12.1. The molecule has 0 bridgehead atoms. The summed E-state index contributed by atoms with van der Waals surface area (Å²) in [5.74, 6) is -0.169. The molecule has 2 atom stereocenters. The van der Waals surface area contributed by atoms with Crippen molar-refractivity contribution in [2.45, 2.75) is 25.0 Å². The number of tetrazole rings is 1. The molecule has 1 aromatic carbocycles. The summed E-state index contributed by atoms with van der Waals surface area (Å²) in [5, 5.41) is 30.7. The number of nitrogens with zero attached hydrogens (tertiary/aromatic N) is 5. The van der Waals surface area contributed by atoms with Gasteiger partial charge >= 0.3 is 0 Å². The van der Waals surface area contributed by atoms with E-state index in [1.807, 2.05) is 0 Å². The molecule has 2 heterocycles. The third-order valence-corrected chi connectivity index (χ3v) is 4.01. The van der Waals surface area contributed by atoms with E-state index in [-0.39, 0.29) is 12.5 Å². The number of β-amino-alcohol motifs (C(OH)–C–C–N with tert-alkyl or cyclic N) is 1. The molecule has 0 spiro atoms. The maximum atomic E-state index is 12.4. The summed E-state index contributed by atoms with van der Waals surface area (Å²) >= 11 is 0. The van der Waals surface area contributed by atoms with Crippen molar-refractivity contribution in [3.63, 3.8) is 0 Å². The Morgan fingerprint density at radius 1 is 1.36 bits per heavy atom. The second-order valence-corrected chi connectivity index (χ2v) is 5.68. The molecule has 8 nitrogen and oxygen atoms in total. The molecule has 2 aromatic rings. The van der Waals surface area contributed by atoms with Crippen LogP contribution in [-0.2, 0) is 0 Å².